The first-order valence-corrected chi connectivity index (χ1v) is 5.77. The minimum absolute atomic E-state index is 0.0316. The highest BCUT2D eigenvalue weighted by atomic mass is 16.4. The Morgan fingerprint density at radius 1 is 1.25 bits per heavy atom. The van der Waals surface area contributed by atoms with Gasteiger partial charge in [-0.05, 0) is 25.7 Å². The SMILES string of the molecule is O=C(O)CCCCC(=O)N1CCCC(O)C1. The Morgan fingerprint density at radius 2 is 1.94 bits per heavy atom. The number of carboxylic acid groups (broad SMARTS) is 1. The summed E-state index contributed by atoms with van der Waals surface area (Å²) in [6, 6.07) is 0. The van der Waals surface area contributed by atoms with E-state index in [2.05, 4.69) is 0 Å². The molecule has 0 radical (unpaired) electrons. The van der Waals surface area contributed by atoms with Crippen molar-refractivity contribution in [2.75, 3.05) is 13.1 Å². The van der Waals surface area contributed by atoms with Crippen molar-refractivity contribution in [3.05, 3.63) is 0 Å². The van der Waals surface area contributed by atoms with Gasteiger partial charge in [0, 0.05) is 25.9 Å². The molecule has 1 saturated heterocycles. The normalized spacial score (nSPS) is 20.8. The van der Waals surface area contributed by atoms with Crippen LogP contribution in [0.3, 0.4) is 0 Å². The summed E-state index contributed by atoms with van der Waals surface area (Å²) < 4.78 is 0. The molecule has 0 aromatic carbocycles. The Balaban J connectivity index is 2.16. The minimum Gasteiger partial charge on any atom is -0.481 e. The number of nitrogens with zero attached hydrogens (tertiary/aromatic N) is 1. The molecular weight excluding hydrogens is 210 g/mol. The average Bonchev–Trinajstić information content (AvgIpc) is 2.24. The second kappa shape index (κ2) is 6.48. The number of piperidine rings is 1. The molecule has 5 heteroatoms. The van der Waals surface area contributed by atoms with Gasteiger partial charge in [0.05, 0.1) is 6.10 Å². The Labute approximate surface area is 95.1 Å². The maximum atomic E-state index is 11.7. The van der Waals surface area contributed by atoms with Crippen molar-refractivity contribution in [3.63, 3.8) is 0 Å². The lowest BCUT2D eigenvalue weighted by Gasteiger charge is -2.30. The van der Waals surface area contributed by atoms with Gasteiger partial charge in [-0.2, -0.15) is 0 Å². The highest BCUT2D eigenvalue weighted by Crippen LogP contribution is 2.12. The van der Waals surface area contributed by atoms with Crippen LogP contribution < -0.4 is 0 Å². The number of carbonyl (C=O) groups excluding carboxylic acids is 1. The molecule has 92 valence electrons. The fourth-order valence-electron chi connectivity index (χ4n) is 1.89. The van der Waals surface area contributed by atoms with E-state index in [0.29, 0.717) is 25.8 Å². The number of aliphatic hydroxyl groups is 1. The number of carbonyl (C=O) groups is 2. The molecule has 0 aromatic rings. The molecule has 0 spiro atoms. The topological polar surface area (TPSA) is 77.8 Å². The van der Waals surface area contributed by atoms with Gasteiger partial charge in [0.15, 0.2) is 0 Å². The predicted octanol–water partition coefficient (Wildman–Crippen LogP) is 0.615. The van der Waals surface area contributed by atoms with E-state index in [1.807, 2.05) is 0 Å². The van der Waals surface area contributed by atoms with Crippen molar-refractivity contribution < 1.29 is 19.8 Å². The monoisotopic (exact) mass is 229 g/mol. The molecule has 0 aliphatic carbocycles. The first-order chi connectivity index (χ1) is 7.59. The molecule has 16 heavy (non-hydrogen) atoms. The van der Waals surface area contributed by atoms with Crippen molar-refractivity contribution in [2.24, 2.45) is 0 Å². The van der Waals surface area contributed by atoms with Crippen LogP contribution >= 0.6 is 0 Å². The van der Waals surface area contributed by atoms with Gasteiger partial charge in [-0.15, -0.1) is 0 Å². The van der Waals surface area contributed by atoms with Crippen LogP contribution in [0.1, 0.15) is 38.5 Å². The Kier molecular flexibility index (Phi) is 5.25. The van der Waals surface area contributed by atoms with Crippen molar-refractivity contribution in [2.45, 2.75) is 44.6 Å². The minimum atomic E-state index is -0.819. The molecule has 1 aliphatic heterocycles. The molecule has 1 amide bonds. The van der Waals surface area contributed by atoms with Gasteiger partial charge in [0.25, 0.3) is 0 Å². The van der Waals surface area contributed by atoms with E-state index in [4.69, 9.17) is 5.11 Å². The van der Waals surface area contributed by atoms with Crippen LogP contribution in [-0.2, 0) is 9.59 Å². The fourth-order valence-corrected chi connectivity index (χ4v) is 1.89. The van der Waals surface area contributed by atoms with Crippen LogP contribution in [0, 0.1) is 0 Å². The largest absolute Gasteiger partial charge is 0.481 e. The van der Waals surface area contributed by atoms with E-state index in [9.17, 15) is 14.7 Å². The number of hydrogen-bond acceptors (Lipinski definition) is 3. The summed E-state index contributed by atoms with van der Waals surface area (Å²) in [6.07, 6.45) is 2.88. The molecule has 2 N–H and O–H groups in total. The van der Waals surface area contributed by atoms with Gasteiger partial charge >= 0.3 is 5.97 Å². The van der Waals surface area contributed by atoms with Gasteiger partial charge in [-0.1, -0.05) is 0 Å². The highest BCUT2D eigenvalue weighted by molar-refractivity contribution is 5.76. The molecule has 1 atom stereocenters. The number of aliphatic carboxylic acids is 1. The lowest BCUT2D eigenvalue weighted by molar-refractivity contribution is -0.138. The fraction of sp³-hybridized carbons (Fsp3) is 0.818. The highest BCUT2D eigenvalue weighted by Gasteiger charge is 2.21. The van der Waals surface area contributed by atoms with E-state index in [1.165, 1.54) is 0 Å². The van der Waals surface area contributed by atoms with Crippen molar-refractivity contribution >= 4 is 11.9 Å². The van der Waals surface area contributed by atoms with E-state index < -0.39 is 12.1 Å². The molecule has 1 fully saturated rings. The van der Waals surface area contributed by atoms with Crippen LogP contribution in [0.5, 0.6) is 0 Å². The summed E-state index contributed by atoms with van der Waals surface area (Å²) >= 11 is 0. The number of rotatable bonds is 5. The third kappa shape index (κ3) is 4.61. The van der Waals surface area contributed by atoms with Crippen LogP contribution in [0.4, 0.5) is 0 Å². The third-order valence-corrected chi connectivity index (χ3v) is 2.78. The Hall–Kier alpha value is -1.10. The first-order valence-electron chi connectivity index (χ1n) is 5.77. The quantitative estimate of drug-likeness (QED) is 0.677. The standard InChI is InChI=1S/C11H19NO4/c13-9-4-3-7-12(8-9)10(14)5-1-2-6-11(15)16/h9,13H,1-8H2,(H,15,16). The third-order valence-electron chi connectivity index (χ3n) is 2.78. The van der Waals surface area contributed by atoms with Gasteiger partial charge in [-0.25, -0.2) is 0 Å². The summed E-state index contributed by atoms with van der Waals surface area (Å²) in [5, 5.41) is 17.8. The molecular formula is C11H19NO4. The van der Waals surface area contributed by atoms with Crippen LogP contribution in [0.15, 0.2) is 0 Å². The number of hydrogen-bond donors (Lipinski definition) is 2. The van der Waals surface area contributed by atoms with E-state index in [0.717, 1.165) is 19.4 Å². The maximum absolute atomic E-state index is 11.7. The summed E-state index contributed by atoms with van der Waals surface area (Å²) in [6.45, 7) is 1.15. The summed E-state index contributed by atoms with van der Waals surface area (Å²) in [7, 11) is 0. The Bertz CT molecular complexity index is 254. The van der Waals surface area contributed by atoms with Crippen molar-refractivity contribution in [1.82, 2.24) is 4.90 Å². The predicted molar refractivity (Wildman–Crippen MR) is 57.9 cm³/mol. The summed E-state index contributed by atoms with van der Waals surface area (Å²) in [5.41, 5.74) is 0. The number of carboxylic acids is 1. The van der Waals surface area contributed by atoms with Gasteiger partial charge in [-0.3, -0.25) is 9.59 Å². The van der Waals surface area contributed by atoms with Crippen molar-refractivity contribution in [1.29, 1.82) is 0 Å². The second-order valence-corrected chi connectivity index (χ2v) is 4.24. The first kappa shape index (κ1) is 13.0. The molecule has 5 nitrogen and oxygen atoms in total. The molecule has 0 bridgehead atoms. The lowest BCUT2D eigenvalue weighted by Crippen LogP contribution is -2.42. The van der Waals surface area contributed by atoms with Gasteiger partial charge in [0.1, 0.15) is 0 Å². The Morgan fingerprint density at radius 3 is 2.56 bits per heavy atom. The molecule has 0 saturated carbocycles. The van der Waals surface area contributed by atoms with Crippen molar-refractivity contribution in [3.8, 4) is 0 Å². The maximum Gasteiger partial charge on any atom is 0.303 e. The zero-order valence-corrected chi connectivity index (χ0v) is 9.39. The zero-order chi connectivity index (χ0) is 12.0. The molecule has 1 heterocycles. The lowest BCUT2D eigenvalue weighted by atomic mass is 10.1. The summed E-state index contributed by atoms with van der Waals surface area (Å²) in [4.78, 5) is 23.6. The second-order valence-electron chi connectivity index (χ2n) is 4.24. The van der Waals surface area contributed by atoms with Crippen LogP contribution in [-0.4, -0.2) is 46.2 Å². The van der Waals surface area contributed by atoms with E-state index >= 15 is 0 Å². The number of amides is 1. The smallest absolute Gasteiger partial charge is 0.303 e. The average molecular weight is 229 g/mol. The summed E-state index contributed by atoms with van der Waals surface area (Å²) in [5.74, 6) is -0.787. The number of β-amino-alcohol motifs (C(OH)–C–C–N with tert-alkyl or cyclic N) is 1. The van der Waals surface area contributed by atoms with Gasteiger partial charge < -0.3 is 15.1 Å². The zero-order valence-electron chi connectivity index (χ0n) is 9.39. The van der Waals surface area contributed by atoms with E-state index in [-0.39, 0.29) is 12.3 Å². The van der Waals surface area contributed by atoms with Crippen LogP contribution in [0.25, 0.3) is 0 Å². The number of aliphatic hydroxyl groups excluding tert-OH is 1. The molecule has 1 rings (SSSR count). The number of likely N-dealkylation sites (tertiary alicyclic amines) is 1. The molecule has 1 unspecified atom stereocenters. The van der Waals surface area contributed by atoms with E-state index in [1.54, 1.807) is 4.90 Å². The molecule has 1 aliphatic rings. The van der Waals surface area contributed by atoms with Gasteiger partial charge in [0.2, 0.25) is 5.91 Å². The molecule has 0 aromatic heterocycles. The van der Waals surface area contributed by atoms with Crippen LogP contribution in [0.2, 0.25) is 0 Å². The number of unbranched alkanes of at least 4 members (excludes halogenated alkanes) is 1.